The van der Waals surface area contributed by atoms with Crippen LogP contribution in [0.4, 0.5) is 0 Å². The Hall–Kier alpha value is -1.36. The van der Waals surface area contributed by atoms with E-state index in [2.05, 4.69) is 33.4 Å². The molecule has 0 fully saturated rings. The number of hydrogen-bond acceptors (Lipinski definition) is 3. The number of fused-ring (bicyclic) bond motifs is 2. The highest BCUT2D eigenvalue weighted by molar-refractivity contribution is 9.10. The van der Waals surface area contributed by atoms with Crippen molar-refractivity contribution in [1.29, 1.82) is 0 Å². The Bertz CT molecular complexity index is 811. The Morgan fingerprint density at radius 2 is 2.00 bits per heavy atom. The minimum Gasteiger partial charge on any atom is -0.485 e. The van der Waals surface area contributed by atoms with Gasteiger partial charge in [-0.2, -0.15) is 0 Å². The minimum atomic E-state index is -0.491. The molecule has 21 heavy (non-hydrogen) atoms. The molecule has 0 bridgehead atoms. The normalized spacial score (nSPS) is 21.0. The van der Waals surface area contributed by atoms with Crippen LogP contribution in [0.15, 0.2) is 52.3 Å². The van der Waals surface area contributed by atoms with Gasteiger partial charge in [0.15, 0.2) is 0 Å². The summed E-state index contributed by atoms with van der Waals surface area (Å²) in [5.41, 5.74) is 2.03. The fourth-order valence-corrected chi connectivity index (χ4v) is 4.24. The number of aliphatic hydroxyl groups is 1. The van der Waals surface area contributed by atoms with E-state index >= 15 is 0 Å². The molecular formula is C17H13BrO2S. The minimum absolute atomic E-state index is 0.0928. The van der Waals surface area contributed by atoms with Crippen molar-refractivity contribution in [2.45, 2.75) is 18.6 Å². The van der Waals surface area contributed by atoms with Gasteiger partial charge in [-0.15, -0.1) is 11.3 Å². The predicted molar refractivity (Wildman–Crippen MR) is 88.9 cm³/mol. The number of benzene rings is 2. The third kappa shape index (κ3) is 2.27. The van der Waals surface area contributed by atoms with Crippen LogP contribution < -0.4 is 4.74 Å². The first-order chi connectivity index (χ1) is 10.2. The summed E-state index contributed by atoms with van der Waals surface area (Å²) >= 11 is 5.16. The third-order valence-electron chi connectivity index (χ3n) is 3.90. The van der Waals surface area contributed by atoms with Gasteiger partial charge in [-0.25, -0.2) is 0 Å². The van der Waals surface area contributed by atoms with Gasteiger partial charge in [-0.3, -0.25) is 0 Å². The van der Waals surface area contributed by atoms with E-state index in [4.69, 9.17) is 4.74 Å². The molecular weight excluding hydrogens is 348 g/mol. The van der Waals surface area contributed by atoms with E-state index in [0.29, 0.717) is 6.42 Å². The lowest BCUT2D eigenvalue weighted by Gasteiger charge is -2.29. The van der Waals surface area contributed by atoms with E-state index in [-0.39, 0.29) is 6.10 Å². The van der Waals surface area contributed by atoms with E-state index < -0.39 is 6.10 Å². The van der Waals surface area contributed by atoms with Crippen molar-refractivity contribution in [2.24, 2.45) is 0 Å². The zero-order valence-corrected chi connectivity index (χ0v) is 13.5. The summed E-state index contributed by atoms with van der Waals surface area (Å²) in [6.45, 7) is 0. The van der Waals surface area contributed by atoms with Gasteiger partial charge < -0.3 is 9.84 Å². The second-order valence-electron chi connectivity index (χ2n) is 5.23. The van der Waals surface area contributed by atoms with Crippen molar-refractivity contribution >= 4 is 37.4 Å². The van der Waals surface area contributed by atoms with Crippen LogP contribution >= 0.6 is 27.3 Å². The van der Waals surface area contributed by atoms with Crippen LogP contribution in [0.1, 0.15) is 29.8 Å². The van der Waals surface area contributed by atoms with Crippen LogP contribution in [0.25, 0.3) is 10.1 Å². The molecule has 106 valence electrons. The zero-order valence-electron chi connectivity index (χ0n) is 11.1. The first-order valence-corrected chi connectivity index (χ1v) is 8.50. The first kappa shape index (κ1) is 13.3. The van der Waals surface area contributed by atoms with E-state index in [9.17, 15) is 5.11 Å². The highest BCUT2D eigenvalue weighted by Crippen LogP contribution is 2.44. The SMILES string of the molecule is O[C@@H]1CC(c2csc3ccccc23)Oc2ccc(Br)cc21. The molecule has 4 heteroatoms. The van der Waals surface area contributed by atoms with Crippen LogP contribution in [0.5, 0.6) is 5.75 Å². The van der Waals surface area contributed by atoms with Gasteiger partial charge in [0.2, 0.25) is 0 Å². The Kier molecular flexibility index (Phi) is 3.25. The number of ether oxygens (including phenoxy) is 1. The smallest absolute Gasteiger partial charge is 0.128 e. The molecule has 0 saturated heterocycles. The predicted octanol–water partition coefficient (Wildman–Crippen LogP) is 5.22. The quantitative estimate of drug-likeness (QED) is 0.644. The molecule has 2 heterocycles. The van der Waals surface area contributed by atoms with E-state index in [1.807, 2.05) is 30.3 Å². The molecule has 0 spiro atoms. The first-order valence-electron chi connectivity index (χ1n) is 6.82. The fraction of sp³-hybridized carbons (Fsp3) is 0.176. The second-order valence-corrected chi connectivity index (χ2v) is 7.05. The number of aliphatic hydroxyl groups excluding tert-OH is 1. The maximum Gasteiger partial charge on any atom is 0.128 e. The van der Waals surface area contributed by atoms with Gasteiger partial charge in [0, 0.05) is 26.7 Å². The van der Waals surface area contributed by atoms with Gasteiger partial charge in [-0.1, -0.05) is 34.1 Å². The van der Waals surface area contributed by atoms with Crippen molar-refractivity contribution in [3.63, 3.8) is 0 Å². The van der Waals surface area contributed by atoms with Gasteiger partial charge in [-0.05, 0) is 35.0 Å². The Morgan fingerprint density at radius 1 is 1.14 bits per heavy atom. The molecule has 2 nitrogen and oxygen atoms in total. The molecule has 1 aromatic heterocycles. The fourth-order valence-electron chi connectivity index (χ4n) is 2.86. The number of rotatable bonds is 1. The molecule has 0 radical (unpaired) electrons. The van der Waals surface area contributed by atoms with E-state index in [0.717, 1.165) is 15.8 Å². The van der Waals surface area contributed by atoms with Crippen molar-refractivity contribution in [3.8, 4) is 5.75 Å². The van der Waals surface area contributed by atoms with Crippen molar-refractivity contribution in [2.75, 3.05) is 0 Å². The largest absolute Gasteiger partial charge is 0.485 e. The van der Waals surface area contributed by atoms with Crippen molar-refractivity contribution in [1.82, 2.24) is 0 Å². The average Bonchev–Trinajstić information content (AvgIpc) is 2.92. The molecule has 1 aliphatic heterocycles. The number of hydrogen-bond donors (Lipinski definition) is 1. The van der Waals surface area contributed by atoms with E-state index in [1.165, 1.54) is 15.6 Å². The standard InChI is InChI=1S/C17H13BrO2S/c18-10-5-6-15-12(7-10)14(19)8-16(20-15)13-9-21-17-4-2-1-3-11(13)17/h1-7,9,14,16,19H,8H2/t14-,16?/m1/s1. The Morgan fingerprint density at radius 3 is 2.90 bits per heavy atom. The Balaban J connectivity index is 1.76. The van der Waals surface area contributed by atoms with Crippen molar-refractivity contribution < 1.29 is 9.84 Å². The van der Waals surface area contributed by atoms with Crippen LogP contribution in [-0.4, -0.2) is 5.11 Å². The summed E-state index contributed by atoms with van der Waals surface area (Å²) in [5.74, 6) is 0.775. The third-order valence-corrected chi connectivity index (χ3v) is 5.37. The lowest BCUT2D eigenvalue weighted by Crippen LogP contribution is -2.18. The second kappa shape index (κ2) is 5.13. The maximum absolute atomic E-state index is 10.4. The summed E-state index contributed by atoms with van der Waals surface area (Å²) in [7, 11) is 0. The molecule has 1 aliphatic rings. The van der Waals surface area contributed by atoms with Gasteiger partial charge in [0.1, 0.15) is 11.9 Å². The molecule has 2 atom stereocenters. The molecule has 4 rings (SSSR count). The van der Waals surface area contributed by atoms with Crippen molar-refractivity contribution in [3.05, 3.63) is 63.4 Å². The maximum atomic E-state index is 10.4. The van der Waals surface area contributed by atoms with Crippen LogP contribution in [0.3, 0.4) is 0 Å². The number of halogens is 1. The highest BCUT2D eigenvalue weighted by Gasteiger charge is 2.29. The summed E-state index contributed by atoms with van der Waals surface area (Å²) in [4.78, 5) is 0. The van der Waals surface area contributed by atoms with Gasteiger partial charge in [0.25, 0.3) is 0 Å². The average molecular weight is 361 g/mol. The summed E-state index contributed by atoms with van der Waals surface area (Å²) in [6, 6.07) is 14.1. The molecule has 0 amide bonds. The zero-order chi connectivity index (χ0) is 14.4. The molecule has 3 aromatic rings. The topological polar surface area (TPSA) is 29.5 Å². The summed E-state index contributed by atoms with van der Waals surface area (Å²) in [5, 5.41) is 13.8. The van der Waals surface area contributed by atoms with Gasteiger partial charge in [0.05, 0.1) is 6.10 Å². The molecule has 1 N–H and O–H groups in total. The molecule has 0 aliphatic carbocycles. The van der Waals surface area contributed by atoms with Gasteiger partial charge >= 0.3 is 0 Å². The van der Waals surface area contributed by atoms with E-state index in [1.54, 1.807) is 11.3 Å². The monoisotopic (exact) mass is 360 g/mol. The molecule has 0 saturated carbocycles. The Labute approximate surface area is 135 Å². The van der Waals surface area contributed by atoms with Crippen LogP contribution in [-0.2, 0) is 0 Å². The lowest BCUT2D eigenvalue weighted by molar-refractivity contribution is 0.0665. The summed E-state index contributed by atoms with van der Waals surface area (Å²) < 4.78 is 8.35. The highest BCUT2D eigenvalue weighted by atomic mass is 79.9. The summed E-state index contributed by atoms with van der Waals surface area (Å²) in [6.07, 6.45) is 0.00390. The molecule has 1 unspecified atom stereocenters. The van der Waals surface area contributed by atoms with Crippen LogP contribution in [0, 0.1) is 0 Å². The molecule has 2 aromatic carbocycles. The lowest BCUT2D eigenvalue weighted by atomic mass is 9.95. The van der Waals surface area contributed by atoms with Crippen LogP contribution in [0.2, 0.25) is 0 Å². The number of thiophene rings is 1.